The van der Waals surface area contributed by atoms with Crippen LogP contribution in [0.4, 0.5) is 11.4 Å². The Hall–Kier alpha value is -2.69. The van der Waals surface area contributed by atoms with E-state index in [0.717, 1.165) is 25.7 Å². The fraction of sp³-hybridized carbons (Fsp3) is 0.350. The van der Waals surface area contributed by atoms with E-state index in [2.05, 4.69) is 5.32 Å². The molecule has 0 atom stereocenters. The lowest BCUT2D eigenvalue weighted by molar-refractivity contribution is -0.384. The van der Waals surface area contributed by atoms with E-state index in [9.17, 15) is 14.9 Å². The summed E-state index contributed by atoms with van der Waals surface area (Å²) in [6.45, 7) is 0. The third-order valence-corrected chi connectivity index (χ3v) is 4.71. The largest absolute Gasteiger partial charge is 0.377 e. The van der Waals surface area contributed by atoms with E-state index in [1.165, 1.54) is 18.9 Å². The highest BCUT2D eigenvalue weighted by molar-refractivity contribution is 6.09. The zero-order valence-electron chi connectivity index (χ0n) is 14.1. The lowest BCUT2D eigenvalue weighted by atomic mass is 10.0. The molecule has 0 heterocycles. The van der Waals surface area contributed by atoms with Crippen LogP contribution >= 0.6 is 0 Å². The molecule has 2 aromatic rings. The number of carbonyl (C=O) groups excluding carboxylic acids is 1. The molecule has 5 heteroatoms. The number of rotatable bonds is 5. The summed E-state index contributed by atoms with van der Waals surface area (Å²) in [7, 11) is 0. The molecule has 1 saturated carbocycles. The number of nitrogens with zero attached hydrogens (tertiary/aromatic N) is 1. The molecule has 0 radical (unpaired) electrons. The van der Waals surface area contributed by atoms with E-state index in [0.29, 0.717) is 16.8 Å². The number of carbonyl (C=O) groups is 1. The van der Waals surface area contributed by atoms with Crippen molar-refractivity contribution in [1.82, 2.24) is 0 Å². The van der Waals surface area contributed by atoms with Gasteiger partial charge in [-0.05, 0) is 25.0 Å². The molecule has 0 aromatic heterocycles. The highest BCUT2D eigenvalue weighted by Crippen LogP contribution is 2.29. The van der Waals surface area contributed by atoms with Crippen molar-refractivity contribution in [2.75, 3.05) is 5.32 Å². The third kappa shape index (κ3) is 4.24. The van der Waals surface area contributed by atoms with Gasteiger partial charge in [0.2, 0.25) is 0 Å². The monoisotopic (exact) mass is 338 g/mol. The lowest BCUT2D eigenvalue weighted by Gasteiger charge is -2.17. The first kappa shape index (κ1) is 17.1. The molecular formula is C20H22N2O3. The van der Waals surface area contributed by atoms with Gasteiger partial charge < -0.3 is 5.32 Å². The summed E-state index contributed by atoms with van der Waals surface area (Å²) in [6, 6.07) is 13.8. The maximum atomic E-state index is 12.5. The summed E-state index contributed by atoms with van der Waals surface area (Å²) in [5.41, 5.74) is 1.33. The fourth-order valence-electron chi connectivity index (χ4n) is 3.35. The molecule has 0 amide bonds. The topological polar surface area (TPSA) is 72.2 Å². The van der Waals surface area contributed by atoms with Crippen LogP contribution in [0.1, 0.15) is 54.4 Å². The van der Waals surface area contributed by atoms with E-state index >= 15 is 0 Å². The van der Waals surface area contributed by atoms with Gasteiger partial charge in [-0.2, -0.15) is 0 Å². The maximum absolute atomic E-state index is 12.5. The van der Waals surface area contributed by atoms with Gasteiger partial charge in [0.05, 0.1) is 4.92 Å². The Kier molecular flexibility index (Phi) is 5.43. The summed E-state index contributed by atoms with van der Waals surface area (Å²) in [6.07, 6.45) is 6.81. The molecule has 1 fully saturated rings. The average molecular weight is 338 g/mol. The molecule has 1 N–H and O–H groups in total. The maximum Gasteiger partial charge on any atom is 0.293 e. The molecule has 5 nitrogen and oxygen atoms in total. The zero-order valence-corrected chi connectivity index (χ0v) is 14.1. The second-order valence-corrected chi connectivity index (χ2v) is 6.52. The minimum absolute atomic E-state index is 0.0361. The lowest BCUT2D eigenvalue weighted by Crippen LogP contribution is -2.19. The van der Waals surface area contributed by atoms with Crippen LogP contribution < -0.4 is 5.32 Å². The van der Waals surface area contributed by atoms with Gasteiger partial charge >= 0.3 is 0 Å². The first-order valence-electron chi connectivity index (χ1n) is 8.80. The van der Waals surface area contributed by atoms with Gasteiger partial charge in [0.25, 0.3) is 5.69 Å². The van der Waals surface area contributed by atoms with Gasteiger partial charge in [-0.15, -0.1) is 0 Å². The van der Waals surface area contributed by atoms with Gasteiger partial charge in [-0.1, -0.05) is 56.0 Å². The summed E-state index contributed by atoms with van der Waals surface area (Å²) in [5, 5.41) is 14.8. The van der Waals surface area contributed by atoms with Crippen molar-refractivity contribution >= 4 is 17.2 Å². The minimum Gasteiger partial charge on any atom is -0.377 e. The molecule has 130 valence electrons. The van der Waals surface area contributed by atoms with Crippen LogP contribution in [0, 0.1) is 10.1 Å². The first-order valence-corrected chi connectivity index (χ1v) is 8.80. The summed E-state index contributed by atoms with van der Waals surface area (Å²) >= 11 is 0. The first-order chi connectivity index (χ1) is 12.1. The minimum atomic E-state index is -0.416. The van der Waals surface area contributed by atoms with Crippen LogP contribution in [0.15, 0.2) is 48.5 Å². The van der Waals surface area contributed by atoms with E-state index < -0.39 is 4.92 Å². The highest BCUT2D eigenvalue weighted by Gasteiger charge is 2.21. The molecule has 0 spiro atoms. The molecule has 1 aliphatic carbocycles. The van der Waals surface area contributed by atoms with Crippen molar-refractivity contribution in [3.8, 4) is 0 Å². The predicted molar refractivity (Wildman–Crippen MR) is 98.1 cm³/mol. The van der Waals surface area contributed by atoms with Crippen LogP contribution in [0.5, 0.6) is 0 Å². The Morgan fingerprint density at radius 3 is 2.28 bits per heavy atom. The Labute approximate surface area is 147 Å². The van der Waals surface area contributed by atoms with Crippen molar-refractivity contribution in [2.45, 2.75) is 44.6 Å². The molecule has 0 bridgehead atoms. The molecule has 25 heavy (non-hydrogen) atoms. The molecule has 0 aliphatic heterocycles. The molecule has 0 saturated heterocycles. The Balaban J connectivity index is 1.85. The van der Waals surface area contributed by atoms with E-state index in [1.54, 1.807) is 36.4 Å². The summed E-state index contributed by atoms with van der Waals surface area (Å²) in [4.78, 5) is 23.6. The molecule has 1 aliphatic rings. The Bertz CT molecular complexity index is 751. The van der Waals surface area contributed by atoms with Gasteiger partial charge in [0, 0.05) is 23.2 Å². The molecule has 0 unspecified atom stereocenters. The summed E-state index contributed by atoms with van der Waals surface area (Å²) in [5.74, 6) is -0.204. The van der Waals surface area contributed by atoms with E-state index in [1.807, 2.05) is 6.07 Å². The third-order valence-electron chi connectivity index (χ3n) is 4.71. The Morgan fingerprint density at radius 1 is 0.960 bits per heavy atom. The molecule has 3 rings (SSSR count). The SMILES string of the molecule is O=C(c1ccccc1)c1ccc(NC2CCCCCC2)c([N+](=O)[O-])c1. The number of anilines is 1. The standard InChI is InChI=1S/C20H22N2O3/c23-20(15-8-4-3-5-9-15)16-12-13-18(19(14-16)22(24)25)21-17-10-6-1-2-7-11-17/h3-5,8-9,12-14,17,21H,1-2,6-7,10-11H2. The highest BCUT2D eigenvalue weighted by atomic mass is 16.6. The second-order valence-electron chi connectivity index (χ2n) is 6.52. The van der Waals surface area contributed by atoms with Crippen molar-refractivity contribution in [3.05, 3.63) is 69.8 Å². The van der Waals surface area contributed by atoms with Crippen molar-refractivity contribution in [1.29, 1.82) is 0 Å². The van der Waals surface area contributed by atoms with Gasteiger partial charge in [0.15, 0.2) is 5.78 Å². The predicted octanol–water partition coefficient (Wildman–Crippen LogP) is 4.96. The van der Waals surface area contributed by atoms with Gasteiger partial charge in [-0.3, -0.25) is 14.9 Å². The van der Waals surface area contributed by atoms with Gasteiger partial charge in [-0.25, -0.2) is 0 Å². The number of nitro groups is 1. The quantitative estimate of drug-likeness (QED) is 0.362. The number of nitrogens with one attached hydrogen (secondary N) is 1. The van der Waals surface area contributed by atoms with Crippen molar-refractivity contribution in [2.24, 2.45) is 0 Å². The van der Waals surface area contributed by atoms with Crippen molar-refractivity contribution in [3.63, 3.8) is 0 Å². The summed E-state index contributed by atoms with van der Waals surface area (Å²) < 4.78 is 0. The number of nitro benzene ring substituents is 1. The Morgan fingerprint density at radius 2 is 1.64 bits per heavy atom. The van der Waals surface area contributed by atoms with Crippen LogP contribution in [-0.4, -0.2) is 16.7 Å². The van der Waals surface area contributed by atoms with Crippen LogP contribution in [0.3, 0.4) is 0 Å². The second kappa shape index (κ2) is 7.92. The number of benzene rings is 2. The van der Waals surface area contributed by atoms with Gasteiger partial charge in [0.1, 0.15) is 5.69 Å². The average Bonchev–Trinajstić information content (AvgIpc) is 2.90. The van der Waals surface area contributed by atoms with E-state index in [4.69, 9.17) is 0 Å². The van der Waals surface area contributed by atoms with Crippen LogP contribution in [-0.2, 0) is 0 Å². The molecule has 2 aromatic carbocycles. The zero-order chi connectivity index (χ0) is 17.6. The smallest absolute Gasteiger partial charge is 0.293 e. The van der Waals surface area contributed by atoms with E-state index in [-0.39, 0.29) is 17.5 Å². The fourth-order valence-corrected chi connectivity index (χ4v) is 3.35. The van der Waals surface area contributed by atoms with Crippen molar-refractivity contribution < 1.29 is 9.72 Å². The molecular weight excluding hydrogens is 316 g/mol. The van der Waals surface area contributed by atoms with Crippen LogP contribution in [0.2, 0.25) is 0 Å². The number of hydrogen-bond acceptors (Lipinski definition) is 4. The normalized spacial score (nSPS) is 15.4. The van der Waals surface area contributed by atoms with Crippen LogP contribution in [0.25, 0.3) is 0 Å². The number of hydrogen-bond donors (Lipinski definition) is 1. The number of ketones is 1.